The fraction of sp³-hybridized carbons (Fsp3) is 0.538. The van der Waals surface area contributed by atoms with Gasteiger partial charge in [-0.15, -0.1) is 11.6 Å². The van der Waals surface area contributed by atoms with Crippen LogP contribution in [0.1, 0.15) is 0 Å². The first-order valence-corrected chi connectivity index (χ1v) is 6.52. The molecule has 0 aliphatic carbocycles. The number of hydrogen-bond acceptors (Lipinski definition) is 4. The van der Waals surface area contributed by atoms with E-state index in [2.05, 4.69) is 5.32 Å². The number of ether oxygens (including phenoxy) is 3. The smallest absolute Gasteiger partial charge is 0.161 e. The zero-order valence-corrected chi connectivity index (χ0v) is 11.4. The summed E-state index contributed by atoms with van der Waals surface area (Å²) in [6, 6.07) is 7.61. The second-order valence-corrected chi connectivity index (χ2v) is 3.93. The highest BCUT2D eigenvalue weighted by molar-refractivity contribution is 6.17. The van der Waals surface area contributed by atoms with Crippen LogP contribution < -0.4 is 14.8 Å². The summed E-state index contributed by atoms with van der Waals surface area (Å²) in [5.74, 6) is 2.06. The molecule has 4 nitrogen and oxygen atoms in total. The van der Waals surface area contributed by atoms with Crippen molar-refractivity contribution in [3.8, 4) is 11.5 Å². The van der Waals surface area contributed by atoms with Gasteiger partial charge in [-0.05, 0) is 12.1 Å². The largest absolute Gasteiger partial charge is 0.493 e. The van der Waals surface area contributed by atoms with Crippen molar-refractivity contribution in [3.63, 3.8) is 0 Å². The Kier molecular flexibility index (Phi) is 8.38. The Morgan fingerprint density at radius 3 is 2.50 bits per heavy atom. The molecule has 0 spiro atoms. The van der Waals surface area contributed by atoms with Crippen LogP contribution in [-0.4, -0.2) is 45.9 Å². The summed E-state index contributed by atoms with van der Waals surface area (Å²) < 4.78 is 16.0. The van der Waals surface area contributed by atoms with Gasteiger partial charge in [0.1, 0.15) is 6.61 Å². The maximum Gasteiger partial charge on any atom is 0.161 e. The van der Waals surface area contributed by atoms with E-state index in [1.54, 1.807) is 7.11 Å². The van der Waals surface area contributed by atoms with Gasteiger partial charge in [0.25, 0.3) is 0 Å². The molecule has 0 heterocycles. The Balaban J connectivity index is 2.07. The maximum absolute atomic E-state index is 5.61. The lowest BCUT2D eigenvalue weighted by molar-refractivity contribution is 0.149. The van der Waals surface area contributed by atoms with E-state index in [0.29, 0.717) is 25.7 Å². The van der Waals surface area contributed by atoms with Crippen molar-refractivity contribution in [2.24, 2.45) is 0 Å². The number of nitrogens with one attached hydrogen (secondary N) is 1. The van der Waals surface area contributed by atoms with Crippen molar-refractivity contribution in [2.75, 3.05) is 45.9 Å². The Bertz CT molecular complexity index is 323. The quantitative estimate of drug-likeness (QED) is 0.522. The molecule has 1 rings (SSSR count). The van der Waals surface area contributed by atoms with Gasteiger partial charge in [-0.25, -0.2) is 0 Å². The van der Waals surface area contributed by atoms with Gasteiger partial charge in [0, 0.05) is 19.0 Å². The van der Waals surface area contributed by atoms with Gasteiger partial charge >= 0.3 is 0 Å². The van der Waals surface area contributed by atoms with Gasteiger partial charge in [-0.2, -0.15) is 0 Å². The van der Waals surface area contributed by atoms with Gasteiger partial charge < -0.3 is 19.5 Å². The normalized spacial score (nSPS) is 10.3. The Morgan fingerprint density at radius 2 is 1.78 bits per heavy atom. The lowest BCUT2D eigenvalue weighted by Gasteiger charge is -2.10. The van der Waals surface area contributed by atoms with Crippen LogP contribution in [-0.2, 0) is 4.74 Å². The van der Waals surface area contributed by atoms with E-state index in [1.807, 2.05) is 24.3 Å². The third kappa shape index (κ3) is 6.10. The molecule has 0 saturated heterocycles. The molecule has 18 heavy (non-hydrogen) atoms. The summed E-state index contributed by atoms with van der Waals surface area (Å²) in [4.78, 5) is 0. The Morgan fingerprint density at radius 1 is 1.06 bits per heavy atom. The van der Waals surface area contributed by atoms with Crippen molar-refractivity contribution in [3.05, 3.63) is 24.3 Å². The standard InChI is InChI=1S/C13H20ClNO3/c1-16-12-4-2-3-5-13(12)18-11-8-15-7-10-17-9-6-14/h2-5,15H,6-11H2,1H3. The summed E-state index contributed by atoms with van der Waals surface area (Å²) in [5, 5.41) is 3.22. The summed E-state index contributed by atoms with van der Waals surface area (Å²) in [6.45, 7) is 3.42. The molecule has 0 aromatic heterocycles. The molecule has 5 heteroatoms. The van der Waals surface area contributed by atoms with Crippen molar-refractivity contribution in [1.82, 2.24) is 5.32 Å². The number of alkyl halides is 1. The van der Waals surface area contributed by atoms with E-state index in [0.717, 1.165) is 24.6 Å². The molecule has 1 aromatic rings. The average Bonchev–Trinajstić information content (AvgIpc) is 2.42. The molecule has 1 N–H and O–H groups in total. The molecule has 0 aliphatic rings. The Labute approximate surface area is 113 Å². The highest BCUT2D eigenvalue weighted by Gasteiger charge is 2.01. The second-order valence-electron chi connectivity index (χ2n) is 3.55. The molecule has 0 aliphatic heterocycles. The number of para-hydroxylation sites is 2. The summed E-state index contributed by atoms with van der Waals surface area (Å²) in [7, 11) is 1.63. The van der Waals surface area contributed by atoms with Crippen molar-refractivity contribution >= 4 is 11.6 Å². The molecule has 0 fully saturated rings. The number of benzene rings is 1. The van der Waals surface area contributed by atoms with Crippen LogP contribution >= 0.6 is 11.6 Å². The van der Waals surface area contributed by atoms with E-state index in [1.165, 1.54) is 0 Å². The highest BCUT2D eigenvalue weighted by atomic mass is 35.5. The summed E-state index contributed by atoms with van der Waals surface area (Å²) in [6.07, 6.45) is 0. The molecule has 102 valence electrons. The lowest BCUT2D eigenvalue weighted by Crippen LogP contribution is -2.25. The SMILES string of the molecule is COc1ccccc1OCCNCCOCCCl. The minimum atomic E-state index is 0.539. The first-order valence-electron chi connectivity index (χ1n) is 5.98. The molecular weight excluding hydrogens is 254 g/mol. The van der Waals surface area contributed by atoms with E-state index < -0.39 is 0 Å². The van der Waals surface area contributed by atoms with Crippen LogP contribution in [0, 0.1) is 0 Å². The van der Waals surface area contributed by atoms with Crippen LogP contribution in [0.3, 0.4) is 0 Å². The number of rotatable bonds is 10. The van der Waals surface area contributed by atoms with Gasteiger partial charge in [-0.1, -0.05) is 12.1 Å². The van der Waals surface area contributed by atoms with Gasteiger partial charge in [0.05, 0.1) is 20.3 Å². The zero-order valence-electron chi connectivity index (χ0n) is 10.7. The molecule has 0 radical (unpaired) electrons. The highest BCUT2D eigenvalue weighted by Crippen LogP contribution is 2.25. The predicted molar refractivity (Wildman–Crippen MR) is 72.9 cm³/mol. The first-order chi connectivity index (χ1) is 8.88. The monoisotopic (exact) mass is 273 g/mol. The van der Waals surface area contributed by atoms with Crippen LogP contribution in [0.25, 0.3) is 0 Å². The van der Waals surface area contributed by atoms with Gasteiger partial charge in [0.15, 0.2) is 11.5 Å². The van der Waals surface area contributed by atoms with E-state index >= 15 is 0 Å². The predicted octanol–water partition coefficient (Wildman–Crippen LogP) is 1.92. The topological polar surface area (TPSA) is 39.7 Å². The van der Waals surface area contributed by atoms with Crippen LogP contribution in [0.5, 0.6) is 11.5 Å². The zero-order chi connectivity index (χ0) is 13.1. The fourth-order valence-electron chi connectivity index (χ4n) is 1.40. The first kappa shape index (κ1) is 15.1. The minimum Gasteiger partial charge on any atom is -0.493 e. The van der Waals surface area contributed by atoms with E-state index in [9.17, 15) is 0 Å². The van der Waals surface area contributed by atoms with Crippen LogP contribution in [0.2, 0.25) is 0 Å². The van der Waals surface area contributed by atoms with Crippen molar-refractivity contribution in [1.29, 1.82) is 0 Å². The molecule has 1 aromatic carbocycles. The summed E-state index contributed by atoms with van der Waals surface area (Å²) >= 11 is 5.48. The fourth-order valence-corrected chi connectivity index (χ4v) is 1.51. The third-order valence-electron chi connectivity index (χ3n) is 2.25. The molecular formula is C13H20ClNO3. The van der Waals surface area contributed by atoms with E-state index in [-0.39, 0.29) is 0 Å². The van der Waals surface area contributed by atoms with Crippen molar-refractivity contribution < 1.29 is 14.2 Å². The average molecular weight is 274 g/mol. The van der Waals surface area contributed by atoms with Crippen LogP contribution in [0.4, 0.5) is 0 Å². The van der Waals surface area contributed by atoms with Gasteiger partial charge in [-0.3, -0.25) is 0 Å². The molecule has 0 bridgehead atoms. The third-order valence-corrected chi connectivity index (χ3v) is 2.40. The number of halogens is 1. The molecule has 0 atom stereocenters. The van der Waals surface area contributed by atoms with Crippen molar-refractivity contribution in [2.45, 2.75) is 0 Å². The second kappa shape index (κ2) is 10.00. The van der Waals surface area contributed by atoms with Gasteiger partial charge in [0.2, 0.25) is 0 Å². The molecule has 0 saturated carbocycles. The van der Waals surface area contributed by atoms with E-state index in [4.69, 9.17) is 25.8 Å². The number of hydrogen-bond donors (Lipinski definition) is 1. The lowest BCUT2D eigenvalue weighted by atomic mass is 10.3. The molecule has 0 amide bonds. The summed E-state index contributed by atoms with van der Waals surface area (Å²) in [5.41, 5.74) is 0. The maximum atomic E-state index is 5.61. The minimum absolute atomic E-state index is 0.539. The number of methoxy groups -OCH3 is 1. The molecule has 0 unspecified atom stereocenters. The Hall–Kier alpha value is -0.970. The van der Waals surface area contributed by atoms with Crippen LogP contribution in [0.15, 0.2) is 24.3 Å².